The van der Waals surface area contributed by atoms with Gasteiger partial charge in [-0.1, -0.05) is 15.1 Å². The predicted molar refractivity (Wildman–Crippen MR) is 44.8 cm³/mol. The first-order chi connectivity index (χ1) is 5.91. The second-order valence-electron chi connectivity index (χ2n) is 2.14. The molecule has 13 heavy (non-hydrogen) atoms. The van der Waals surface area contributed by atoms with Gasteiger partial charge >= 0.3 is 9.24 Å². The van der Waals surface area contributed by atoms with Gasteiger partial charge in [-0.2, -0.15) is 8.42 Å². The standard InChI is InChI=1S/C6H4ClF2NO2S/c7-13(11,12)10(9)6-3-1-2-5(8)4-6/h1-4H. The van der Waals surface area contributed by atoms with Crippen LogP contribution in [0.3, 0.4) is 0 Å². The molecule has 0 atom stereocenters. The van der Waals surface area contributed by atoms with Crippen molar-refractivity contribution < 1.29 is 17.3 Å². The van der Waals surface area contributed by atoms with Crippen LogP contribution in [-0.2, 0) is 9.24 Å². The Bertz CT molecular complexity index is 409. The molecule has 0 bridgehead atoms. The van der Waals surface area contributed by atoms with Crippen molar-refractivity contribution in [2.24, 2.45) is 0 Å². The molecule has 0 N–H and O–H groups in total. The maximum Gasteiger partial charge on any atom is 0.348 e. The highest BCUT2D eigenvalue weighted by molar-refractivity contribution is 8.14. The number of halogens is 3. The van der Waals surface area contributed by atoms with Crippen LogP contribution in [-0.4, -0.2) is 8.42 Å². The lowest BCUT2D eigenvalue weighted by Crippen LogP contribution is -2.16. The summed E-state index contributed by atoms with van der Waals surface area (Å²) in [5, 5.41) is 0. The lowest BCUT2D eigenvalue weighted by molar-refractivity contribution is 0.502. The summed E-state index contributed by atoms with van der Waals surface area (Å²) in [6, 6.07) is 4.00. The molecule has 0 saturated carbocycles. The average molecular weight is 228 g/mol. The van der Waals surface area contributed by atoms with Crippen molar-refractivity contribution in [3.8, 4) is 0 Å². The van der Waals surface area contributed by atoms with Crippen molar-refractivity contribution in [1.82, 2.24) is 0 Å². The molecule has 7 heteroatoms. The molecule has 0 aromatic heterocycles. The second-order valence-corrected chi connectivity index (χ2v) is 4.45. The van der Waals surface area contributed by atoms with Crippen LogP contribution >= 0.6 is 10.7 Å². The molecule has 1 aromatic carbocycles. The Morgan fingerprint density at radius 3 is 2.46 bits per heavy atom. The summed E-state index contributed by atoms with van der Waals surface area (Å²) in [5.74, 6) is -0.750. The van der Waals surface area contributed by atoms with Crippen molar-refractivity contribution in [3.05, 3.63) is 30.1 Å². The fourth-order valence-electron chi connectivity index (χ4n) is 0.711. The van der Waals surface area contributed by atoms with E-state index in [4.69, 9.17) is 0 Å². The predicted octanol–water partition coefficient (Wildman–Crippen LogP) is 2.00. The highest BCUT2D eigenvalue weighted by Gasteiger charge is 2.19. The maximum absolute atomic E-state index is 12.8. The Labute approximate surface area is 78.0 Å². The average Bonchev–Trinajstić information content (AvgIpc) is 2.01. The Hall–Kier alpha value is -0.880. The van der Waals surface area contributed by atoms with Crippen molar-refractivity contribution in [1.29, 1.82) is 0 Å². The quantitative estimate of drug-likeness (QED) is 0.573. The van der Waals surface area contributed by atoms with E-state index in [0.29, 0.717) is 6.07 Å². The van der Waals surface area contributed by atoms with E-state index < -0.39 is 25.3 Å². The van der Waals surface area contributed by atoms with Crippen molar-refractivity contribution in [2.75, 3.05) is 4.53 Å². The van der Waals surface area contributed by atoms with E-state index in [-0.39, 0.29) is 0 Å². The molecular formula is C6H4ClF2NO2S. The zero-order valence-electron chi connectivity index (χ0n) is 6.12. The zero-order chi connectivity index (χ0) is 10.1. The molecule has 0 heterocycles. The Kier molecular flexibility index (Phi) is 2.72. The highest BCUT2D eigenvalue weighted by Crippen LogP contribution is 2.21. The Morgan fingerprint density at radius 2 is 2.00 bits per heavy atom. The number of hydrogen-bond acceptors (Lipinski definition) is 2. The number of nitrogens with zero attached hydrogens (tertiary/aromatic N) is 1. The third-order valence-electron chi connectivity index (χ3n) is 1.20. The van der Waals surface area contributed by atoms with Gasteiger partial charge in [-0.3, -0.25) is 0 Å². The van der Waals surface area contributed by atoms with Gasteiger partial charge in [0.05, 0.1) is 5.69 Å². The molecule has 0 aliphatic rings. The van der Waals surface area contributed by atoms with Gasteiger partial charge in [0.25, 0.3) is 0 Å². The fourth-order valence-corrected chi connectivity index (χ4v) is 1.32. The summed E-state index contributed by atoms with van der Waals surface area (Å²) in [4.78, 5) is 0. The van der Waals surface area contributed by atoms with Crippen LogP contribution in [0, 0.1) is 5.82 Å². The summed E-state index contributed by atoms with van der Waals surface area (Å²) >= 11 is 0. The van der Waals surface area contributed by atoms with Crippen molar-refractivity contribution in [2.45, 2.75) is 0 Å². The van der Waals surface area contributed by atoms with Crippen LogP contribution in [0.1, 0.15) is 0 Å². The summed E-state index contributed by atoms with van der Waals surface area (Å²) in [7, 11) is 0.171. The van der Waals surface area contributed by atoms with Crippen LogP contribution < -0.4 is 4.53 Å². The van der Waals surface area contributed by atoms with E-state index in [2.05, 4.69) is 10.7 Å². The lowest BCUT2D eigenvalue weighted by Gasteiger charge is -2.08. The van der Waals surface area contributed by atoms with Crippen molar-refractivity contribution in [3.63, 3.8) is 0 Å². The van der Waals surface area contributed by atoms with Crippen LogP contribution in [0.15, 0.2) is 24.3 Å². The highest BCUT2D eigenvalue weighted by atomic mass is 35.7. The van der Waals surface area contributed by atoms with Gasteiger partial charge < -0.3 is 0 Å². The van der Waals surface area contributed by atoms with Crippen molar-refractivity contribution >= 4 is 25.6 Å². The van der Waals surface area contributed by atoms with Gasteiger partial charge in [0.1, 0.15) is 5.82 Å². The molecule has 3 nitrogen and oxygen atoms in total. The SMILES string of the molecule is O=S(=O)(Cl)N(F)c1cccc(F)c1. The van der Waals surface area contributed by atoms with Gasteiger partial charge in [0.2, 0.25) is 0 Å². The fraction of sp³-hybridized carbons (Fsp3) is 0. The summed E-state index contributed by atoms with van der Waals surface area (Å²) < 4.78 is 45.4. The van der Waals surface area contributed by atoms with Gasteiger partial charge in [-0.05, 0) is 12.1 Å². The number of benzene rings is 1. The zero-order valence-corrected chi connectivity index (χ0v) is 7.69. The number of anilines is 1. The van der Waals surface area contributed by atoms with Gasteiger partial charge in [0.15, 0.2) is 0 Å². The molecule has 0 fully saturated rings. The van der Waals surface area contributed by atoms with Gasteiger partial charge in [-0.25, -0.2) is 4.39 Å². The minimum Gasteiger partial charge on any atom is -0.207 e. The minimum absolute atomic E-state index is 0.477. The number of hydrogen-bond donors (Lipinski definition) is 0. The van der Waals surface area contributed by atoms with Gasteiger partial charge in [-0.15, -0.1) is 0 Å². The molecule has 0 saturated heterocycles. The largest absolute Gasteiger partial charge is 0.348 e. The van der Waals surface area contributed by atoms with E-state index >= 15 is 0 Å². The van der Waals surface area contributed by atoms with Crippen LogP contribution in [0.25, 0.3) is 0 Å². The Balaban J connectivity index is 3.10. The smallest absolute Gasteiger partial charge is 0.207 e. The van der Waals surface area contributed by atoms with Crippen LogP contribution in [0.5, 0.6) is 0 Å². The third kappa shape index (κ3) is 2.53. The van der Waals surface area contributed by atoms with E-state index in [1.54, 1.807) is 0 Å². The van der Waals surface area contributed by atoms with Gasteiger partial charge in [0, 0.05) is 16.7 Å². The first kappa shape index (κ1) is 10.2. The molecular weight excluding hydrogens is 224 g/mol. The summed E-state index contributed by atoms with van der Waals surface area (Å²) in [6.07, 6.45) is 0. The minimum atomic E-state index is -4.50. The second kappa shape index (κ2) is 3.47. The molecule has 0 amide bonds. The molecule has 1 aromatic rings. The molecule has 0 radical (unpaired) electrons. The molecule has 0 spiro atoms. The van der Waals surface area contributed by atoms with E-state index in [1.165, 1.54) is 6.07 Å². The third-order valence-corrected chi connectivity index (χ3v) is 2.16. The summed E-state index contributed by atoms with van der Waals surface area (Å²) in [6.45, 7) is 0. The molecule has 0 aliphatic heterocycles. The van der Waals surface area contributed by atoms with E-state index in [0.717, 1.165) is 12.1 Å². The molecule has 0 aliphatic carbocycles. The Morgan fingerprint density at radius 1 is 1.38 bits per heavy atom. The summed E-state index contributed by atoms with van der Waals surface area (Å²) in [5.41, 5.74) is -0.477. The van der Waals surface area contributed by atoms with E-state index in [9.17, 15) is 17.3 Å². The maximum atomic E-state index is 12.8. The van der Waals surface area contributed by atoms with Crippen LogP contribution in [0.2, 0.25) is 0 Å². The van der Waals surface area contributed by atoms with Crippen LogP contribution in [0.4, 0.5) is 14.6 Å². The first-order valence-electron chi connectivity index (χ1n) is 3.07. The lowest BCUT2D eigenvalue weighted by atomic mass is 10.3. The number of rotatable bonds is 2. The topological polar surface area (TPSA) is 37.4 Å². The first-order valence-corrected chi connectivity index (χ1v) is 5.34. The normalized spacial score (nSPS) is 11.3. The molecule has 0 unspecified atom stereocenters. The van der Waals surface area contributed by atoms with E-state index in [1.807, 2.05) is 0 Å². The molecule has 72 valence electrons. The molecule has 1 rings (SSSR count). The monoisotopic (exact) mass is 227 g/mol.